The van der Waals surface area contributed by atoms with E-state index in [0.29, 0.717) is 11.3 Å². The number of hydrogen-bond acceptors (Lipinski definition) is 3. The maximum absolute atomic E-state index is 10.6. The van der Waals surface area contributed by atoms with Crippen molar-refractivity contribution in [2.24, 2.45) is 0 Å². The lowest BCUT2D eigenvalue weighted by atomic mass is 10.6. The molecule has 0 aromatic carbocycles. The van der Waals surface area contributed by atoms with Crippen LogP contribution in [0.2, 0.25) is 0 Å². The van der Waals surface area contributed by atoms with Crippen LogP contribution in [0.1, 0.15) is 0 Å². The van der Waals surface area contributed by atoms with Gasteiger partial charge in [-0.05, 0) is 12.2 Å². The Morgan fingerprint density at radius 2 is 2.45 bits per heavy atom. The third kappa shape index (κ3) is 1.99. The zero-order chi connectivity index (χ0) is 8.27. The Morgan fingerprint density at radius 3 is 3.00 bits per heavy atom. The van der Waals surface area contributed by atoms with E-state index in [-0.39, 0.29) is 12.2 Å². The number of aliphatic hydroxyl groups excluding tert-OH is 1. The predicted octanol–water partition coefficient (Wildman–Crippen LogP) is -0.102. The highest BCUT2D eigenvalue weighted by Gasteiger charge is 1.89. The van der Waals surface area contributed by atoms with E-state index < -0.39 is 0 Å². The maximum Gasteiger partial charge on any atom is 0.251 e. The molecule has 11 heavy (non-hydrogen) atoms. The number of nitrogens with zero attached hydrogens (tertiary/aromatic N) is 1. The lowest BCUT2D eigenvalue weighted by Crippen LogP contribution is -2.12. The first-order valence-corrected chi connectivity index (χ1v) is 3.55. The minimum atomic E-state index is -0.218. The fourth-order valence-electron chi connectivity index (χ4n) is 0.728. The lowest BCUT2D eigenvalue weighted by molar-refractivity contribution is 0.274. The topological polar surface area (TPSA) is 58.0 Å². The van der Waals surface area contributed by atoms with Crippen LogP contribution >= 0.6 is 12.2 Å². The molecule has 1 aromatic rings. The SMILES string of the molecule is O=c1ccn(CCO)c(=S)[nH]1. The van der Waals surface area contributed by atoms with E-state index in [0.717, 1.165) is 0 Å². The largest absolute Gasteiger partial charge is 0.395 e. The summed E-state index contributed by atoms with van der Waals surface area (Å²) in [6.07, 6.45) is 1.55. The first kappa shape index (κ1) is 8.16. The quantitative estimate of drug-likeness (QED) is 0.612. The molecule has 0 saturated heterocycles. The Labute approximate surface area is 68.1 Å². The Balaban J connectivity index is 3.10. The Hall–Kier alpha value is -0.940. The zero-order valence-corrected chi connectivity index (χ0v) is 6.60. The van der Waals surface area contributed by atoms with Crippen LogP contribution in [0.15, 0.2) is 17.1 Å². The Morgan fingerprint density at radius 1 is 1.73 bits per heavy atom. The van der Waals surface area contributed by atoms with Crippen LogP contribution < -0.4 is 5.56 Å². The van der Waals surface area contributed by atoms with Crippen molar-refractivity contribution >= 4 is 12.2 Å². The van der Waals surface area contributed by atoms with E-state index in [1.54, 1.807) is 10.8 Å². The second kappa shape index (κ2) is 3.45. The van der Waals surface area contributed by atoms with Crippen molar-refractivity contribution in [1.82, 2.24) is 9.55 Å². The first-order valence-electron chi connectivity index (χ1n) is 3.14. The van der Waals surface area contributed by atoms with E-state index in [1.165, 1.54) is 6.07 Å². The molecule has 0 saturated carbocycles. The standard InChI is InChI=1S/C6H8N2O2S/c9-4-3-8-2-1-5(10)7-6(8)11/h1-2,9H,3-4H2,(H,7,10,11). The summed E-state index contributed by atoms with van der Waals surface area (Å²) in [6, 6.07) is 1.37. The van der Waals surface area contributed by atoms with Gasteiger partial charge in [0.1, 0.15) is 0 Å². The highest BCUT2D eigenvalue weighted by Crippen LogP contribution is 1.84. The molecule has 2 N–H and O–H groups in total. The highest BCUT2D eigenvalue weighted by atomic mass is 32.1. The van der Waals surface area contributed by atoms with Gasteiger partial charge in [-0.25, -0.2) is 0 Å². The molecule has 0 aliphatic heterocycles. The van der Waals surface area contributed by atoms with Crippen LogP contribution in [0, 0.1) is 4.77 Å². The number of hydrogen-bond donors (Lipinski definition) is 2. The van der Waals surface area contributed by atoms with Crippen LogP contribution in [0.25, 0.3) is 0 Å². The van der Waals surface area contributed by atoms with E-state index in [1.807, 2.05) is 0 Å². The van der Waals surface area contributed by atoms with Crippen molar-refractivity contribution in [3.63, 3.8) is 0 Å². The second-order valence-electron chi connectivity index (χ2n) is 2.03. The third-order valence-corrected chi connectivity index (χ3v) is 1.57. The molecule has 0 fully saturated rings. The third-order valence-electron chi connectivity index (χ3n) is 1.24. The van der Waals surface area contributed by atoms with Gasteiger partial charge >= 0.3 is 0 Å². The first-order chi connectivity index (χ1) is 5.24. The molecule has 1 rings (SSSR count). The lowest BCUT2D eigenvalue weighted by Gasteiger charge is -2.01. The fraction of sp³-hybridized carbons (Fsp3) is 0.333. The van der Waals surface area contributed by atoms with Gasteiger partial charge in [0.2, 0.25) is 0 Å². The summed E-state index contributed by atoms with van der Waals surface area (Å²) >= 11 is 4.80. The van der Waals surface area contributed by atoms with Gasteiger partial charge in [-0.3, -0.25) is 9.78 Å². The van der Waals surface area contributed by atoms with Gasteiger partial charge in [-0.2, -0.15) is 0 Å². The molecule has 0 amide bonds. The van der Waals surface area contributed by atoms with E-state index >= 15 is 0 Å². The molecule has 0 bridgehead atoms. The monoisotopic (exact) mass is 172 g/mol. The van der Waals surface area contributed by atoms with E-state index in [4.69, 9.17) is 17.3 Å². The van der Waals surface area contributed by atoms with Gasteiger partial charge in [0.15, 0.2) is 4.77 Å². The number of aromatic amines is 1. The van der Waals surface area contributed by atoms with Crippen molar-refractivity contribution < 1.29 is 5.11 Å². The average Bonchev–Trinajstić information content (AvgIpc) is 1.95. The maximum atomic E-state index is 10.6. The van der Waals surface area contributed by atoms with Gasteiger partial charge in [0.05, 0.1) is 6.61 Å². The number of nitrogens with one attached hydrogen (secondary N) is 1. The van der Waals surface area contributed by atoms with Crippen molar-refractivity contribution in [2.45, 2.75) is 6.54 Å². The Bertz CT molecular complexity index is 341. The zero-order valence-electron chi connectivity index (χ0n) is 5.78. The van der Waals surface area contributed by atoms with Gasteiger partial charge < -0.3 is 9.67 Å². The Kier molecular flexibility index (Phi) is 2.56. The summed E-state index contributed by atoms with van der Waals surface area (Å²) < 4.78 is 1.93. The molecule has 0 atom stereocenters. The summed E-state index contributed by atoms with van der Waals surface area (Å²) in [4.78, 5) is 13.1. The molecule has 0 aliphatic carbocycles. The fourth-order valence-corrected chi connectivity index (χ4v) is 0.981. The molecule has 60 valence electrons. The molecule has 0 spiro atoms. The summed E-state index contributed by atoms with van der Waals surface area (Å²) in [5, 5.41) is 8.55. The van der Waals surface area contributed by atoms with Gasteiger partial charge in [-0.1, -0.05) is 0 Å². The van der Waals surface area contributed by atoms with E-state index in [9.17, 15) is 4.79 Å². The number of aromatic nitrogens is 2. The predicted molar refractivity (Wildman–Crippen MR) is 43.0 cm³/mol. The smallest absolute Gasteiger partial charge is 0.251 e. The molecule has 1 heterocycles. The average molecular weight is 172 g/mol. The second-order valence-corrected chi connectivity index (χ2v) is 2.41. The van der Waals surface area contributed by atoms with E-state index in [2.05, 4.69) is 4.98 Å². The summed E-state index contributed by atoms with van der Waals surface area (Å²) in [5.74, 6) is 0. The van der Waals surface area contributed by atoms with Crippen LogP contribution in [-0.4, -0.2) is 21.3 Å². The van der Waals surface area contributed by atoms with Crippen molar-refractivity contribution in [1.29, 1.82) is 0 Å². The highest BCUT2D eigenvalue weighted by molar-refractivity contribution is 7.71. The number of aliphatic hydroxyl groups is 1. The van der Waals surface area contributed by atoms with Gasteiger partial charge in [-0.15, -0.1) is 0 Å². The molecular formula is C6H8N2O2S. The van der Waals surface area contributed by atoms with Crippen LogP contribution in [0.4, 0.5) is 0 Å². The normalized spacial score (nSPS) is 9.91. The molecular weight excluding hydrogens is 164 g/mol. The minimum Gasteiger partial charge on any atom is -0.395 e. The number of rotatable bonds is 2. The van der Waals surface area contributed by atoms with Gasteiger partial charge in [0, 0.05) is 18.8 Å². The van der Waals surface area contributed by atoms with Crippen LogP contribution in [0.3, 0.4) is 0 Å². The summed E-state index contributed by atoms with van der Waals surface area (Å²) in [7, 11) is 0. The minimum absolute atomic E-state index is 0.0142. The molecule has 4 nitrogen and oxygen atoms in total. The molecule has 1 aromatic heterocycles. The molecule has 5 heteroatoms. The molecule has 0 unspecified atom stereocenters. The molecule has 0 aliphatic rings. The summed E-state index contributed by atoms with van der Waals surface area (Å²) in [5.41, 5.74) is -0.218. The van der Waals surface area contributed by atoms with Crippen molar-refractivity contribution in [2.75, 3.05) is 6.61 Å². The molecule has 0 radical (unpaired) electrons. The van der Waals surface area contributed by atoms with Crippen LogP contribution in [0.5, 0.6) is 0 Å². The van der Waals surface area contributed by atoms with Crippen molar-refractivity contribution in [3.8, 4) is 0 Å². The number of H-pyrrole nitrogens is 1. The van der Waals surface area contributed by atoms with Crippen LogP contribution in [-0.2, 0) is 6.54 Å². The van der Waals surface area contributed by atoms with Gasteiger partial charge in [0.25, 0.3) is 5.56 Å². The summed E-state index contributed by atoms with van der Waals surface area (Å²) in [6.45, 7) is 0.427. The van der Waals surface area contributed by atoms with Crippen molar-refractivity contribution in [3.05, 3.63) is 27.4 Å².